The van der Waals surface area contributed by atoms with Gasteiger partial charge in [0.2, 0.25) is 0 Å². The van der Waals surface area contributed by atoms with Gasteiger partial charge in [-0.3, -0.25) is 4.79 Å². The molecule has 3 heteroatoms. The average molecular weight is 343 g/mol. The fourth-order valence-corrected chi connectivity index (χ4v) is 3.14. The summed E-state index contributed by atoms with van der Waals surface area (Å²) in [6.07, 6.45) is 14.9. The van der Waals surface area contributed by atoms with E-state index >= 15 is 0 Å². The molecule has 0 radical (unpaired) electrons. The molecule has 0 aliphatic heterocycles. The summed E-state index contributed by atoms with van der Waals surface area (Å²) in [5.74, 6) is 0.0401. The van der Waals surface area contributed by atoms with Crippen LogP contribution in [0.5, 0.6) is 0 Å². The summed E-state index contributed by atoms with van der Waals surface area (Å²) in [6.45, 7) is 6.69. The van der Waals surface area contributed by atoms with Crippen molar-refractivity contribution in [2.24, 2.45) is 5.92 Å². The molecule has 0 bridgehead atoms. The Morgan fingerprint density at radius 2 is 1.33 bits per heavy atom. The van der Waals surface area contributed by atoms with Gasteiger partial charge in [0, 0.05) is 18.9 Å². The van der Waals surface area contributed by atoms with Crippen molar-refractivity contribution in [1.82, 2.24) is 0 Å². The van der Waals surface area contributed by atoms with Crippen LogP contribution in [0.1, 0.15) is 111 Å². The number of carbonyl (C=O) groups excluding carboxylic acids is 1. The Labute approximate surface area is 150 Å². The number of hydrogen-bond acceptors (Lipinski definition) is 3. The fraction of sp³-hybridized carbons (Fsp3) is 0.952. The molecule has 1 N–H and O–H groups in total. The lowest BCUT2D eigenvalue weighted by molar-refractivity contribution is -0.153. The second-order valence-electron chi connectivity index (χ2n) is 7.13. The molecule has 0 aromatic carbocycles. The van der Waals surface area contributed by atoms with Crippen LogP contribution in [0.25, 0.3) is 0 Å². The summed E-state index contributed by atoms with van der Waals surface area (Å²) < 4.78 is 5.80. The minimum atomic E-state index is -0.0950. The van der Waals surface area contributed by atoms with Gasteiger partial charge in [0.1, 0.15) is 6.10 Å². The third kappa shape index (κ3) is 12.8. The van der Waals surface area contributed by atoms with Crippen molar-refractivity contribution < 1.29 is 14.6 Å². The van der Waals surface area contributed by atoms with Crippen molar-refractivity contribution in [3.05, 3.63) is 0 Å². The van der Waals surface area contributed by atoms with E-state index in [1.54, 1.807) is 0 Å². The lowest BCUT2D eigenvalue weighted by atomic mass is 9.92. The van der Waals surface area contributed by atoms with Crippen LogP contribution in [0.4, 0.5) is 0 Å². The van der Waals surface area contributed by atoms with E-state index in [9.17, 15) is 9.90 Å². The Bertz CT molecular complexity index is 278. The second kappa shape index (κ2) is 17.3. The molecule has 0 aromatic rings. The van der Waals surface area contributed by atoms with Crippen LogP contribution in [-0.4, -0.2) is 23.8 Å². The number of rotatable bonds is 17. The third-order valence-electron chi connectivity index (χ3n) is 4.80. The van der Waals surface area contributed by atoms with Crippen LogP contribution in [0.2, 0.25) is 0 Å². The molecule has 2 unspecified atom stereocenters. The minimum Gasteiger partial charge on any atom is -0.462 e. The SMILES string of the molecule is CCCCCCC(=O)OC(CCCCCC)C(CO)CCCCC. The molecule has 0 aliphatic carbocycles. The molecule has 0 amide bonds. The van der Waals surface area contributed by atoms with E-state index in [-0.39, 0.29) is 24.6 Å². The van der Waals surface area contributed by atoms with Crippen LogP contribution >= 0.6 is 0 Å². The van der Waals surface area contributed by atoms with E-state index in [0.717, 1.165) is 38.5 Å². The molecular formula is C21H42O3. The number of hydrogen-bond donors (Lipinski definition) is 1. The first-order chi connectivity index (χ1) is 11.7. The zero-order chi connectivity index (χ0) is 18.0. The van der Waals surface area contributed by atoms with Gasteiger partial charge >= 0.3 is 5.97 Å². The molecule has 0 fully saturated rings. The summed E-state index contributed by atoms with van der Waals surface area (Å²) in [6, 6.07) is 0. The average Bonchev–Trinajstić information content (AvgIpc) is 2.58. The molecule has 0 aliphatic rings. The molecule has 0 aromatic heterocycles. The molecule has 0 heterocycles. The van der Waals surface area contributed by atoms with E-state index in [0.29, 0.717) is 6.42 Å². The molecule has 2 atom stereocenters. The van der Waals surface area contributed by atoms with Crippen molar-refractivity contribution in [2.75, 3.05) is 6.61 Å². The van der Waals surface area contributed by atoms with E-state index in [1.807, 2.05) is 0 Å². The summed E-state index contributed by atoms with van der Waals surface area (Å²) in [5, 5.41) is 9.77. The van der Waals surface area contributed by atoms with Gasteiger partial charge in [-0.05, 0) is 25.7 Å². The van der Waals surface area contributed by atoms with Crippen LogP contribution in [0.3, 0.4) is 0 Å². The molecular weight excluding hydrogens is 300 g/mol. The minimum absolute atomic E-state index is 0.0689. The number of ether oxygens (including phenoxy) is 1. The monoisotopic (exact) mass is 342 g/mol. The highest BCUT2D eigenvalue weighted by Gasteiger charge is 2.24. The Hall–Kier alpha value is -0.570. The maximum atomic E-state index is 12.2. The maximum absolute atomic E-state index is 12.2. The molecule has 144 valence electrons. The molecule has 0 rings (SSSR count). The standard InChI is InChI=1S/C21H42O3/c1-4-7-10-13-16-20(19(18-22)15-12-9-6-3)24-21(23)17-14-11-8-5-2/h19-20,22H,4-18H2,1-3H3. The quantitative estimate of drug-likeness (QED) is 0.259. The Balaban J connectivity index is 4.38. The van der Waals surface area contributed by atoms with Crippen molar-refractivity contribution in [2.45, 2.75) is 117 Å². The number of aliphatic hydroxyl groups excluding tert-OH is 1. The van der Waals surface area contributed by atoms with Crippen molar-refractivity contribution in [1.29, 1.82) is 0 Å². The van der Waals surface area contributed by atoms with Crippen LogP contribution in [0.15, 0.2) is 0 Å². The fourth-order valence-electron chi connectivity index (χ4n) is 3.14. The summed E-state index contributed by atoms with van der Waals surface area (Å²) in [7, 11) is 0. The zero-order valence-electron chi connectivity index (χ0n) is 16.5. The van der Waals surface area contributed by atoms with Crippen molar-refractivity contribution in [3.63, 3.8) is 0 Å². The van der Waals surface area contributed by atoms with Gasteiger partial charge in [0.05, 0.1) is 0 Å². The summed E-state index contributed by atoms with van der Waals surface area (Å²) in [4.78, 5) is 12.2. The zero-order valence-corrected chi connectivity index (χ0v) is 16.5. The number of unbranched alkanes of at least 4 members (excludes halogenated alkanes) is 8. The van der Waals surface area contributed by atoms with Crippen molar-refractivity contribution >= 4 is 5.97 Å². The number of carbonyl (C=O) groups is 1. The molecule has 0 saturated carbocycles. The van der Waals surface area contributed by atoms with E-state index in [1.165, 1.54) is 44.9 Å². The number of esters is 1. The molecule has 24 heavy (non-hydrogen) atoms. The van der Waals surface area contributed by atoms with Crippen LogP contribution in [-0.2, 0) is 9.53 Å². The molecule has 0 spiro atoms. The second-order valence-corrected chi connectivity index (χ2v) is 7.13. The van der Waals surface area contributed by atoms with E-state index < -0.39 is 0 Å². The van der Waals surface area contributed by atoms with Crippen LogP contribution < -0.4 is 0 Å². The Kier molecular flexibility index (Phi) is 16.8. The van der Waals surface area contributed by atoms with Gasteiger partial charge in [-0.2, -0.15) is 0 Å². The lowest BCUT2D eigenvalue weighted by Crippen LogP contribution is -2.29. The summed E-state index contributed by atoms with van der Waals surface area (Å²) >= 11 is 0. The first-order valence-electron chi connectivity index (χ1n) is 10.5. The van der Waals surface area contributed by atoms with Gasteiger partial charge < -0.3 is 9.84 Å². The first-order valence-corrected chi connectivity index (χ1v) is 10.5. The normalized spacial score (nSPS) is 13.7. The van der Waals surface area contributed by atoms with Crippen LogP contribution in [0, 0.1) is 5.92 Å². The predicted octanol–water partition coefficient (Wildman–Crippen LogP) is 6.03. The molecule has 0 saturated heterocycles. The smallest absolute Gasteiger partial charge is 0.306 e. The topological polar surface area (TPSA) is 46.5 Å². The lowest BCUT2D eigenvalue weighted by Gasteiger charge is -2.26. The van der Waals surface area contributed by atoms with Gasteiger partial charge in [0.25, 0.3) is 0 Å². The number of aliphatic hydroxyl groups is 1. The Morgan fingerprint density at radius 3 is 1.92 bits per heavy atom. The van der Waals surface area contributed by atoms with Gasteiger partial charge in [-0.1, -0.05) is 78.6 Å². The highest BCUT2D eigenvalue weighted by atomic mass is 16.5. The largest absolute Gasteiger partial charge is 0.462 e. The third-order valence-corrected chi connectivity index (χ3v) is 4.80. The first kappa shape index (κ1) is 23.4. The highest BCUT2D eigenvalue weighted by Crippen LogP contribution is 2.22. The molecule has 3 nitrogen and oxygen atoms in total. The van der Waals surface area contributed by atoms with Gasteiger partial charge in [-0.25, -0.2) is 0 Å². The predicted molar refractivity (Wildman–Crippen MR) is 102 cm³/mol. The maximum Gasteiger partial charge on any atom is 0.306 e. The highest BCUT2D eigenvalue weighted by molar-refractivity contribution is 5.69. The van der Waals surface area contributed by atoms with Crippen molar-refractivity contribution in [3.8, 4) is 0 Å². The van der Waals surface area contributed by atoms with E-state index in [4.69, 9.17) is 4.74 Å². The van der Waals surface area contributed by atoms with Gasteiger partial charge in [0.15, 0.2) is 0 Å². The Morgan fingerprint density at radius 1 is 0.792 bits per heavy atom. The van der Waals surface area contributed by atoms with Gasteiger partial charge in [-0.15, -0.1) is 0 Å². The van der Waals surface area contributed by atoms with E-state index in [2.05, 4.69) is 20.8 Å². The summed E-state index contributed by atoms with van der Waals surface area (Å²) in [5.41, 5.74) is 0.